The molecule has 2 N–H and O–H groups in total. The number of aromatic nitrogens is 1. The zero-order valence-corrected chi connectivity index (χ0v) is 25.6. The summed E-state index contributed by atoms with van der Waals surface area (Å²) in [6.07, 6.45) is 1.72. The molecular weight excluding hydrogens is 657 g/mol. The van der Waals surface area contributed by atoms with Crippen molar-refractivity contribution in [2.75, 3.05) is 26.6 Å². The Hall–Kier alpha value is -4.10. The Balaban J connectivity index is 1.73. The van der Waals surface area contributed by atoms with E-state index in [2.05, 4.69) is 5.32 Å². The maximum absolute atomic E-state index is 14.0. The number of allylic oxidation sites excluding steroid dienone is 1. The number of hydrogen-bond donors (Lipinski definition) is 2. The number of carbonyl (C=O) groups is 1. The molecule has 210 valence electrons. The number of carbonyl (C=O) groups excluding carboxylic acids is 1. The predicted octanol–water partition coefficient (Wildman–Crippen LogP) is 4.21. The number of nitrogens with one attached hydrogen (secondary N) is 1. The highest BCUT2D eigenvalue weighted by Gasteiger charge is 2.34. The number of amides is 1. The molecule has 0 unspecified atom stereocenters. The Bertz CT molecular complexity index is 1860. The Labute approximate surface area is 253 Å². The number of nitrogens with zero attached hydrogens (tertiary/aromatic N) is 2. The maximum Gasteiger partial charge on any atom is 0.271 e. The van der Waals surface area contributed by atoms with E-state index in [-0.39, 0.29) is 17.2 Å². The number of thiazole rings is 1. The van der Waals surface area contributed by atoms with Crippen LogP contribution in [0, 0.1) is 3.57 Å². The molecule has 9 nitrogen and oxygen atoms in total. The van der Waals surface area contributed by atoms with Crippen LogP contribution in [-0.4, -0.2) is 36.9 Å². The largest absolute Gasteiger partial charge is 0.504 e. The molecule has 41 heavy (non-hydrogen) atoms. The molecule has 4 aromatic rings. The number of aromatic hydroxyl groups is 1. The van der Waals surface area contributed by atoms with Crippen LogP contribution in [0.3, 0.4) is 0 Å². The number of halogens is 1. The SMILES string of the molecule is COc1ccc([C@@H]2C(C(=O)Nc3ccccc3)=C(C)N=c3s/c(=C\c4cc(I)c(O)c(OC)c4)c(=O)n32)c(OC)c1. The molecule has 0 saturated carbocycles. The lowest BCUT2D eigenvalue weighted by Gasteiger charge is -2.26. The molecule has 0 spiro atoms. The number of para-hydroxylation sites is 1. The molecule has 1 aliphatic rings. The third kappa shape index (κ3) is 5.46. The van der Waals surface area contributed by atoms with Crippen LogP contribution in [0.25, 0.3) is 6.08 Å². The maximum atomic E-state index is 14.0. The summed E-state index contributed by atoms with van der Waals surface area (Å²) in [5.74, 6) is 0.981. The van der Waals surface area contributed by atoms with Gasteiger partial charge in [0.15, 0.2) is 16.3 Å². The Kier molecular flexibility index (Phi) is 8.18. The van der Waals surface area contributed by atoms with E-state index < -0.39 is 6.04 Å². The molecule has 5 rings (SSSR count). The van der Waals surface area contributed by atoms with Crippen LogP contribution in [0.1, 0.15) is 24.1 Å². The highest BCUT2D eigenvalue weighted by Crippen LogP contribution is 2.38. The van der Waals surface area contributed by atoms with E-state index >= 15 is 0 Å². The van der Waals surface area contributed by atoms with Crippen molar-refractivity contribution in [2.24, 2.45) is 4.99 Å². The van der Waals surface area contributed by atoms with Crippen LogP contribution in [-0.2, 0) is 4.79 Å². The molecule has 1 amide bonds. The van der Waals surface area contributed by atoms with Crippen molar-refractivity contribution in [2.45, 2.75) is 13.0 Å². The summed E-state index contributed by atoms with van der Waals surface area (Å²) in [6, 6.07) is 17.0. The highest BCUT2D eigenvalue weighted by molar-refractivity contribution is 14.1. The normalized spacial score (nSPS) is 14.8. The van der Waals surface area contributed by atoms with E-state index in [1.807, 2.05) is 40.8 Å². The number of fused-ring (bicyclic) bond motifs is 1. The number of benzene rings is 3. The van der Waals surface area contributed by atoms with Gasteiger partial charge in [0.05, 0.1) is 40.7 Å². The fourth-order valence-corrected chi connectivity index (χ4v) is 6.33. The third-order valence-electron chi connectivity index (χ3n) is 6.60. The first kappa shape index (κ1) is 28.4. The number of phenols is 1. The number of ether oxygens (including phenoxy) is 3. The van der Waals surface area contributed by atoms with Gasteiger partial charge in [-0.25, -0.2) is 4.99 Å². The van der Waals surface area contributed by atoms with Gasteiger partial charge in [-0.15, -0.1) is 0 Å². The molecule has 1 aromatic heterocycles. The van der Waals surface area contributed by atoms with E-state index in [4.69, 9.17) is 19.2 Å². The minimum Gasteiger partial charge on any atom is -0.504 e. The van der Waals surface area contributed by atoms with Gasteiger partial charge in [-0.3, -0.25) is 14.2 Å². The zero-order chi connectivity index (χ0) is 29.3. The minimum atomic E-state index is -0.826. The van der Waals surface area contributed by atoms with Gasteiger partial charge in [0.1, 0.15) is 17.5 Å². The van der Waals surface area contributed by atoms with E-state index in [1.165, 1.54) is 30.1 Å². The van der Waals surface area contributed by atoms with E-state index in [9.17, 15) is 14.7 Å². The van der Waals surface area contributed by atoms with Crippen molar-refractivity contribution in [3.63, 3.8) is 0 Å². The number of rotatable bonds is 7. The summed E-state index contributed by atoms with van der Waals surface area (Å²) in [7, 11) is 4.55. The fraction of sp³-hybridized carbons (Fsp3) is 0.167. The second-order valence-electron chi connectivity index (χ2n) is 9.06. The standard InChI is InChI=1S/C30H26IN3O6S/c1-16-25(28(36)33-18-8-6-5-7-9-18)26(20-11-10-19(38-2)15-22(20)39-3)34-29(37)24(41-30(34)32-16)14-17-12-21(31)27(35)23(13-17)40-4/h5-15,26,35H,1-4H3,(H,33,36)/b24-14-/t26-/m1/s1. The van der Waals surface area contributed by atoms with Gasteiger partial charge in [-0.05, 0) is 77.6 Å². The average Bonchev–Trinajstić information content (AvgIpc) is 3.27. The third-order valence-corrected chi connectivity index (χ3v) is 8.41. The van der Waals surface area contributed by atoms with Crippen molar-refractivity contribution in [3.8, 4) is 23.0 Å². The van der Waals surface area contributed by atoms with Crippen LogP contribution in [0.5, 0.6) is 23.0 Å². The second-order valence-corrected chi connectivity index (χ2v) is 11.2. The topological polar surface area (TPSA) is 111 Å². The van der Waals surface area contributed by atoms with Gasteiger partial charge in [-0.1, -0.05) is 29.5 Å². The van der Waals surface area contributed by atoms with Gasteiger partial charge < -0.3 is 24.6 Å². The van der Waals surface area contributed by atoms with Crippen LogP contribution in [0.4, 0.5) is 5.69 Å². The lowest BCUT2D eigenvalue weighted by atomic mass is 9.94. The number of hydrogen-bond acceptors (Lipinski definition) is 8. The molecule has 1 atom stereocenters. The summed E-state index contributed by atoms with van der Waals surface area (Å²) in [5, 5.41) is 13.2. The molecule has 0 aliphatic carbocycles. The lowest BCUT2D eigenvalue weighted by Crippen LogP contribution is -2.40. The van der Waals surface area contributed by atoms with Gasteiger partial charge in [0, 0.05) is 17.3 Å². The lowest BCUT2D eigenvalue weighted by molar-refractivity contribution is -0.113. The first-order valence-corrected chi connectivity index (χ1v) is 14.3. The van der Waals surface area contributed by atoms with E-state index in [1.54, 1.807) is 62.6 Å². The summed E-state index contributed by atoms with van der Waals surface area (Å²) in [6.45, 7) is 1.76. The summed E-state index contributed by atoms with van der Waals surface area (Å²) in [4.78, 5) is 33.0. The highest BCUT2D eigenvalue weighted by atomic mass is 127. The van der Waals surface area contributed by atoms with Gasteiger partial charge >= 0.3 is 0 Å². The predicted molar refractivity (Wildman–Crippen MR) is 166 cm³/mol. The molecule has 0 radical (unpaired) electrons. The van der Waals surface area contributed by atoms with Gasteiger partial charge in [-0.2, -0.15) is 0 Å². The van der Waals surface area contributed by atoms with Crippen molar-refractivity contribution in [1.29, 1.82) is 0 Å². The average molecular weight is 684 g/mol. The van der Waals surface area contributed by atoms with Gasteiger partial charge in [0.2, 0.25) is 0 Å². The van der Waals surface area contributed by atoms with E-state index in [0.29, 0.717) is 58.2 Å². The number of anilines is 1. The first-order valence-electron chi connectivity index (χ1n) is 12.4. The molecule has 0 saturated heterocycles. The number of phenolic OH excluding ortho intramolecular Hbond substituents is 1. The minimum absolute atomic E-state index is 0.0306. The van der Waals surface area contributed by atoms with Crippen LogP contribution >= 0.6 is 33.9 Å². The summed E-state index contributed by atoms with van der Waals surface area (Å²) in [5.41, 5.74) is 2.37. The smallest absolute Gasteiger partial charge is 0.271 e. The fourth-order valence-electron chi connectivity index (χ4n) is 4.65. The van der Waals surface area contributed by atoms with Crippen molar-refractivity contribution in [3.05, 3.63) is 106 Å². The molecular formula is C30H26IN3O6S. The van der Waals surface area contributed by atoms with Crippen LogP contribution in [0.2, 0.25) is 0 Å². The molecule has 0 bridgehead atoms. The number of methoxy groups -OCH3 is 3. The van der Waals surface area contributed by atoms with Crippen molar-refractivity contribution < 1.29 is 24.1 Å². The second kappa shape index (κ2) is 11.8. The zero-order valence-electron chi connectivity index (χ0n) is 22.6. The quantitative estimate of drug-likeness (QED) is 0.283. The summed E-state index contributed by atoms with van der Waals surface area (Å²) < 4.78 is 18.9. The van der Waals surface area contributed by atoms with E-state index in [0.717, 1.165) is 0 Å². The Morgan fingerprint density at radius 1 is 1.05 bits per heavy atom. The molecule has 3 aromatic carbocycles. The van der Waals surface area contributed by atoms with Crippen molar-refractivity contribution in [1.82, 2.24) is 4.57 Å². The van der Waals surface area contributed by atoms with Crippen LogP contribution in [0.15, 0.2) is 81.7 Å². The Morgan fingerprint density at radius 3 is 2.46 bits per heavy atom. The van der Waals surface area contributed by atoms with Gasteiger partial charge in [0.25, 0.3) is 11.5 Å². The summed E-state index contributed by atoms with van der Waals surface area (Å²) >= 11 is 3.22. The van der Waals surface area contributed by atoms with Crippen molar-refractivity contribution >= 4 is 51.6 Å². The monoisotopic (exact) mass is 683 g/mol. The van der Waals surface area contributed by atoms with Crippen LogP contribution < -0.4 is 34.4 Å². The first-order chi connectivity index (χ1) is 19.7. The molecule has 2 heterocycles. The molecule has 1 aliphatic heterocycles. The molecule has 0 fully saturated rings. The molecule has 11 heteroatoms. The Morgan fingerprint density at radius 2 is 1.78 bits per heavy atom.